The summed E-state index contributed by atoms with van der Waals surface area (Å²) in [5.74, 6) is 0.0525. The Balaban J connectivity index is 2.60. The number of nitrogens with two attached hydrogens (primary N) is 1. The molecule has 0 aliphatic heterocycles. The SMILES string of the molecule is Cc1cccc([C@H](C)NC(=O)C(C)CCN)c1. The summed E-state index contributed by atoms with van der Waals surface area (Å²) in [6, 6.07) is 8.23. The van der Waals surface area contributed by atoms with Gasteiger partial charge in [0.25, 0.3) is 0 Å². The summed E-state index contributed by atoms with van der Waals surface area (Å²) >= 11 is 0. The second-order valence-corrected chi connectivity index (χ2v) is 4.62. The number of amides is 1. The summed E-state index contributed by atoms with van der Waals surface area (Å²) in [4.78, 5) is 11.8. The van der Waals surface area contributed by atoms with Crippen molar-refractivity contribution < 1.29 is 4.79 Å². The zero-order valence-electron chi connectivity index (χ0n) is 10.9. The lowest BCUT2D eigenvalue weighted by Gasteiger charge is -2.18. The molecule has 1 aromatic rings. The largest absolute Gasteiger partial charge is 0.349 e. The molecule has 0 heterocycles. The number of nitrogens with one attached hydrogen (secondary N) is 1. The fourth-order valence-electron chi connectivity index (χ4n) is 1.76. The van der Waals surface area contributed by atoms with Crippen molar-refractivity contribution in [2.75, 3.05) is 6.54 Å². The van der Waals surface area contributed by atoms with Crippen LogP contribution in [0.4, 0.5) is 0 Å². The second-order valence-electron chi connectivity index (χ2n) is 4.62. The third-order valence-electron chi connectivity index (χ3n) is 2.95. The Morgan fingerprint density at radius 3 is 2.71 bits per heavy atom. The van der Waals surface area contributed by atoms with E-state index in [0.29, 0.717) is 6.54 Å². The summed E-state index contributed by atoms with van der Waals surface area (Å²) in [6.45, 7) is 6.51. The van der Waals surface area contributed by atoms with E-state index in [2.05, 4.69) is 24.4 Å². The van der Waals surface area contributed by atoms with E-state index in [-0.39, 0.29) is 17.9 Å². The van der Waals surface area contributed by atoms with Crippen molar-refractivity contribution in [3.05, 3.63) is 35.4 Å². The van der Waals surface area contributed by atoms with Crippen LogP contribution in [0.2, 0.25) is 0 Å². The Kier molecular flexibility index (Phi) is 5.16. The molecular weight excluding hydrogens is 212 g/mol. The molecule has 0 aliphatic rings. The molecule has 94 valence electrons. The van der Waals surface area contributed by atoms with Crippen LogP contribution in [0.3, 0.4) is 0 Å². The van der Waals surface area contributed by atoms with Crippen molar-refractivity contribution in [3.63, 3.8) is 0 Å². The summed E-state index contributed by atoms with van der Waals surface area (Å²) in [5.41, 5.74) is 7.79. The fraction of sp³-hybridized carbons (Fsp3) is 0.500. The average Bonchev–Trinajstić information content (AvgIpc) is 2.29. The summed E-state index contributed by atoms with van der Waals surface area (Å²) in [6.07, 6.45) is 0.729. The van der Waals surface area contributed by atoms with E-state index in [1.807, 2.05) is 26.0 Å². The predicted molar refractivity (Wildman–Crippen MR) is 70.6 cm³/mol. The quantitative estimate of drug-likeness (QED) is 0.820. The molecule has 0 spiro atoms. The Bertz CT molecular complexity index is 376. The number of carbonyl (C=O) groups excluding carboxylic acids is 1. The lowest BCUT2D eigenvalue weighted by molar-refractivity contribution is -0.125. The van der Waals surface area contributed by atoms with Crippen LogP contribution < -0.4 is 11.1 Å². The normalized spacial score (nSPS) is 14.1. The number of aryl methyl sites for hydroxylation is 1. The van der Waals surface area contributed by atoms with Crippen LogP contribution in [0, 0.1) is 12.8 Å². The molecule has 0 bridgehead atoms. The minimum atomic E-state index is -0.0211. The first-order valence-corrected chi connectivity index (χ1v) is 6.11. The third kappa shape index (κ3) is 4.19. The van der Waals surface area contributed by atoms with Gasteiger partial charge in [-0.15, -0.1) is 0 Å². The van der Waals surface area contributed by atoms with E-state index in [9.17, 15) is 4.79 Å². The molecule has 2 atom stereocenters. The van der Waals surface area contributed by atoms with Gasteiger partial charge in [-0.1, -0.05) is 36.8 Å². The molecule has 0 aromatic heterocycles. The maximum atomic E-state index is 11.8. The van der Waals surface area contributed by atoms with Crippen LogP contribution in [0.5, 0.6) is 0 Å². The highest BCUT2D eigenvalue weighted by atomic mass is 16.1. The van der Waals surface area contributed by atoms with E-state index in [0.717, 1.165) is 12.0 Å². The van der Waals surface area contributed by atoms with Gasteiger partial charge >= 0.3 is 0 Å². The molecule has 17 heavy (non-hydrogen) atoms. The first kappa shape index (κ1) is 13.7. The molecule has 0 fully saturated rings. The first-order valence-electron chi connectivity index (χ1n) is 6.11. The van der Waals surface area contributed by atoms with Crippen molar-refractivity contribution in [2.24, 2.45) is 11.7 Å². The van der Waals surface area contributed by atoms with Gasteiger partial charge in [-0.3, -0.25) is 4.79 Å². The van der Waals surface area contributed by atoms with Crippen LogP contribution in [0.25, 0.3) is 0 Å². The molecule has 3 N–H and O–H groups in total. The maximum absolute atomic E-state index is 11.8. The van der Waals surface area contributed by atoms with Crippen LogP contribution >= 0.6 is 0 Å². The number of hydrogen-bond donors (Lipinski definition) is 2. The molecule has 0 saturated carbocycles. The monoisotopic (exact) mass is 234 g/mol. The third-order valence-corrected chi connectivity index (χ3v) is 2.95. The van der Waals surface area contributed by atoms with Gasteiger partial charge in [0.2, 0.25) is 5.91 Å². The Morgan fingerprint density at radius 1 is 1.41 bits per heavy atom. The van der Waals surface area contributed by atoms with Gasteiger partial charge in [-0.05, 0) is 32.4 Å². The second kappa shape index (κ2) is 6.40. The lowest BCUT2D eigenvalue weighted by Crippen LogP contribution is -2.32. The molecule has 1 amide bonds. The molecular formula is C14H22N2O. The molecule has 3 nitrogen and oxygen atoms in total. The minimum Gasteiger partial charge on any atom is -0.349 e. The van der Waals surface area contributed by atoms with Gasteiger partial charge in [-0.2, -0.15) is 0 Å². The zero-order chi connectivity index (χ0) is 12.8. The highest BCUT2D eigenvalue weighted by molar-refractivity contribution is 5.78. The van der Waals surface area contributed by atoms with Gasteiger partial charge in [0.05, 0.1) is 6.04 Å². The van der Waals surface area contributed by atoms with Crippen molar-refractivity contribution in [3.8, 4) is 0 Å². The van der Waals surface area contributed by atoms with Crippen LogP contribution in [0.1, 0.15) is 37.4 Å². The number of carbonyl (C=O) groups is 1. The van der Waals surface area contributed by atoms with Crippen molar-refractivity contribution >= 4 is 5.91 Å². The number of rotatable bonds is 5. The topological polar surface area (TPSA) is 55.1 Å². The van der Waals surface area contributed by atoms with Gasteiger partial charge in [0.1, 0.15) is 0 Å². The van der Waals surface area contributed by atoms with Crippen LogP contribution in [0.15, 0.2) is 24.3 Å². The maximum Gasteiger partial charge on any atom is 0.223 e. The number of hydrogen-bond acceptors (Lipinski definition) is 2. The lowest BCUT2D eigenvalue weighted by atomic mass is 10.0. The first-order chi connectivity index (χ1) is 8.04. The van der Waals surface area contributed by atoms with Gasteiger partial charge in [0, 0.05) is 5.92 Å². The molecule has 0 radical (unpaired) electrons. The van der Waals surface area contributed by atoms with Crippen LogP contribution in [-0.2, 0) is 4.79 Å². The minimum absolute atomic E-state index is 0.0211. The van der Waals surface area contributed by atoms with Gasteiger partial charge in [0.15, 0.2) is 0 Å². The highest BCUT2D eigenvalue weighted by Gasteiger charge is 2.15. The Hall–Kier alpha value is -1.35. The van der Waals surface area contributed by atoms with E-state index < -0.39 is 0 Å². The van der Waals surface area contributed by atoms with Crippen molar-refractivity contribution in [1.82, 2.24) is 5.32 Å². The van der Waals surface area contributed by atoms with Gasteiger partial charge in [-0.25, -0.2) is 0 Å². The summed E-state index contributed by atoms with van der Waals surface area (Å²) in [7, 11) is 0. The summed E-state index contributed by atoms with van der Waals surface area (Å²) in [5, 5.41) is 3.01. The molecule has 3 heteroatoms. The van der Waals surface area contributed by atoms with Gasteiger partial charge < -0.3 is 11.1 Å². The molecule has 1 rings (SSSR count). The van der Waals surface area contributed by atoms with Crippen molar-refractivity contribution in [2.45, 2.75) is 33.2 Å². The van der Waals surface area contributed by atoms with Crippen molar-refractivity contribution in [1.29, 1.82) is 0 Å². The standard InChI is InChI=1S/C14H22N2O/c1-10-5-4-6-13(9-10)12(3)16-14(17)11(2)7-8-15/h4-6,9,11-12H,7-8,15H2,1-3H3,(H,16,17)/t11?,12-/m0/s1. The molecule has 1 aromatic carbocycles. The highest BCUT2D eigenvalue weighted by Crippen LogP contribution is 2.14. The zero-order valence-corrected chi connectivity index (χ0v) is 10.9. The fourth-order valence-corrected chi connectivity index (χ4v) is 1.76. The molecule has 0 aliphatic carbocycles. The smallest absolute Gasteiger partial charge is 0.223 e. The van der Waals surface area contributed by atoms with E-state index >= 15 is 0 Å². The molecule has 0 saturated heterocycles. The van der Waals surface area contributed by atoms with E-state index in [1.165, 1.54) is 5.56 Å². The number of benzene rings is 1. The van der Waals surface area contributed by atoms with E-state index in [4.69, 9.17) is 5.73 Å². The van der Waals surface area contributed by atoms with E-state index in [1.54, 1.807) is 0 Å². The Labute approximate surface area is 103 Å². The predicted octanol–water partition coefficient (Wildman–Crippen LogP) is 2.16. The average molecular weight is 234 g/mol. The Morgan fingerprint density at radius 2 is 2.12 bits per heavy atom. The summed E-state index contributed by atoms with van der Waals surface area (Å²) < 4.78 is 0. The van der Waals surface area contributed by atoms with Crippen LogP contribution in [-0.4, -0.2) is 12.5 Å². The molecule has 1 unspecified atom stereocenters.